The van der Waals surface area contributed by atoms with E-state index in [4.69, 9.17) is 5.73 Å². The van der Waals surface area contributed by atoms with Crippen molar-refractivity contribution in [2.45, 2.75) is 32.5 Å². The van der Waals surface area contributed by atoms with Gasteiger partial charge in [0.05, 0.1) is 6.04 Å². The van der Waals surface area contributed by atoms with Gasteiger partial charge in [0.15, 0.2) is 0 Å². The van der Waals surface area contributed by atoms with Crippen LogP contribution in [0.1, 0.15) is 26.0 Å². The van der Waals surface area contributed by atoms with E-state index in [9.17, 15) is 18.0 Å². The van der Waals surface area contributed by atoms with Crippen molar-refractivity contribution in [3.8, 4) is 0 Å². The van der Waals surface area contributed by atoms with Crippen LogP contribution in [0.4, 0.5) is 19.1 Å². The smallest absolute Gasteiger partial charge is 0.353 e. The fraction of sp³-hybridized carbons (Fsp3) is 0.615. The molecule has 0 radical (unpaired) electrons. The number of nitrogens with zero attached hydrogens (tertiary/aromatic N) is 2. The molecule has 1 aromatic rings. The number of halogens is 4. The molecule has 2 unspecified atom stereocenters. The Morgan fingerprint density at radius 2 is 2.04 bits per heavy atom. The minimum atomic E-state index is -4.52. The van der Waals surface area contributed by atoms with Crippen LogP contribution < -0.4 is 16.4 Å². The summed E-state index contributed by atoms with van der Waals surface area (Å²) in [5, 5.41) is 5.23. The number of anilines is 1. The second-order valence-electron chi connectivity index (χ2n) is 4.89. The Bertz CT molecular complexity index is 501. The molecule has 6 nitrogen and oxygen atoms in total. The number of nitrogens with one attached hydrogen (secondary N) is 2. The van der Waals surface area contributed by atoms with Gasteiger partial charge in [-0.1, -0.05) is 20.3 Å². The van der Waals surface area contributed by atoms with Gasteiger partial charge in [-0.05, 0) is 12.0 Å². The first-order chi connectivity index (χ1) is 10.3. The highest BCUT2D eigenvalue weighted by Crippen LogP contribution is 2.27. The fourth-order valence-corrected chi connectivity index (χ4v) is 1.59. The van der Waals surface area contributed by atoms with E-state index in [1.807, 2.05) is 13.8 Å². The van der Waals surface area contributed by atoms with Crippen molar-refractivity contribution in [1.82, 2.24) is 15.3 Å². The average Bonchev–Trinajstić information content (AvgIpc) is 2.49. The Kier molecular flexibility index (Phi) is 8.85. The lowest BCUT2D eigenvalue weighted by Crippen LogP contribution is -2.45. The molecule has 1 amide bonds. The summed E-state index contributed by atoms with van der Waals surface area (Å²) < 4.78 is 37.4. The van der Waals surface area contributed by atoms with E-state index in [1.165, 1.54) is 0 Å². The number of hydrogen-bond acceptors (Lipinski definition) is 5. The van der Waals surface area contributed by atoms with Crippen LogP contribution in [0.5, 0.6) is 0 Å². The SMILES string of the molecule is CCC(C)C(N)C(=O)NCCNc1nccc(C(F)(F)F)n1.Cl. The number of aromatic nitrogens is 2. The highest BCUT2D eigenvalue weighted by atomic mass is 35.5. The summed E-state index contributed by atoms with van der Waals surface area (Å²) in [7, 11) is 0. The third kappa shape index (κ3) is 7.00. The lowest BCUT2D eigenvalue weighted by atomic mass is 9.99. The molecule has 0 saturated carbocycles. The Morgan fingerprint density at radius 3 is 2.61 bits per heavy atom. The van der Waals surface area contributed by atoms with Crippen LogP contribution >= 0.6 is 12.4 Å². The molecule has 132 valence electrons. The molecule has 0 spiro atoms. The molecule has 0 aromatic carbocycles. The molecule has 23 heavy (non-hydrogen) atoms. The maximum absolute atomic E-state index is 12.5. The molecule has 1 heterocycles. The van der Waals surface area contributed by atoms with Crippen molar-refractivity contribution in [1.29, 1.82) is 0 Å². The second kappa shape index (κ2) is 9.51. The first kappa shape index (κ1) is 21.4. The standard InChI is InChI=1S/C13H20F3N5O.ClH/c1-3-8(2)10(17)11(22)18-6-7-20-12-19-5-4-9(21-12)13(14,15)16;/h4-5,8,10H,3,6-7,17H2,1-2H3,(H,18,22)(H,19,20,21);1H. The van der Waals surface area contributed by atoms with Crippen molar-refractivity contribution < 1.29 is 18.0 Å². The maximum atomic E-state index is 12.5. The second-order valence-corrected chi connectivity index (χ2v) is 4.89. The highest BCUT2D eigenvalue weighted by molar-refractivity contribution is 5.85. The third-order valence-electron chi connectivity index (χ3n) is 3.21. The van der Waals surface area contributed by atoms with E-state index in [-0.39, 0.29) is 43.3 Å². The predicted octanol–water partition coefficient (Wildman–Crippen LogP) is 1.82. The van der Waals surface area contributed by atoms with Gasteiger partial charge in [0.2, 0.25) is 11.9 Å². The molecule has 1 aromatic heterocycles. The monoisotopic (exact) mass is 355 g/mol. The number of nitrogens with two attached hydrogens (primary N) is 1. The molecular formula is C13H21ClF3N5O. The van der Waals surface area contributed by atoms with Gasteiger partial charge in [-0.2, -0.15) is 13.2 Å². The lowest BCUT2D eigenvalue weighted by Gasteiger charge is -2.17. The van der Waals surface area contributed by atoms with Gasteiger partial charge in [-0.25, -0.2) is 9.97 Å². The van der Waals surface area contributed by atoms with Crippen LogP contribution in [-0.4, -0.2) is 35.0 Å². The number of carbonyl (C=O) groups is 1. The van der Waals surface area contributed by atoms with E-state index in [0.29, 0.717) is 0 Å². The van der Waals surface area contributed by atoms with Gasteiger partial charge >= 0.3 is 6.18 Å². The van der Waals surface area contributed by atoms with Gasteiger partial charge in [-0.3, -0.25) is 4.79 Å². The van der Waals surface area contributed by atoms with Crippen LogP contribution in [-0.2, 0) is 11.0 Å². The molecule has 1 rings (SSSR count). The number of alkyl halides is 3. The molecule has 2 atom stereocenters. The Hall–Kier alpha value is -1.61. The summed E-state index contributed by atoms with van der Waals surface area (Å²) in [5.41, 5.74) is 4.73. The number of rotatable bonds is 7. The normalized spacial score (nSPS) is 13.7. The van der Waals surface area contributed by atoms with Gasteiger partial charge in [-0.15, -0.1) is 12.4 Å². The predicted molar refractivity (Wildman–Crippen MR) is 83.2 cm³/mol. The third-order valence-corrected chi connectivity index (χ3v) is 3.21. The van der Waals surface area contributed by atoms with Gasteiger partial charge < -0.3 is 16.4 Å². The van der Waals surface area contributed by atoms with Crippen LogP contribution in [0.15, 0.2) is 12.3 Å². The zero-order valence-electron chi connectivity index (χ0n) is 12.9. The summed E-state index contributed by atoms with van der Waals surface area (Å²) in [6, 6.07) is 0.188. The zero-order valence-corrected chi connectivity index (χ0v) is 13.7. The van der Waals surface area contributed by atoms with Crippen LogP contribution in [0.2, 0.25) is 0 Å². The van der Waals surface area contributed by atoms with E-state index in [1.54, 1.807) is 0 Å². The summed E-state index contributed by atoms with van der Waals surface area (Å²) in [6.07, 6.45) is -2.71. The first-order valence-electron chi connectivity index (χ1n) is 6.93. The van der Waals surface area contributed by atoms with Crippen molar-refractivity contribution in [3.63, 3.8) is 0 Å². The van der Waals surface area contributed by atoms with Crippen LogP contribution in [0.25, 0.3) is 0 Å². The minimum Gasteiger partial charge on any atom is -0.353 e. The van der Waals surface area contributed by atoms with E-state index >= 15 is 0 Å². The zero-order chi connectivity index (χ0) is 16.8. The largest absolute Gasteiger partial charge is 0.433 e. The molecule has 0 bridgehead atoms. The molecule has 0 aliphatic heterocycles. The molecule has 0 aliphatic rings. The van der Waals surface area contributed by atoms with Gasteiger partial charge in [0.25, 0.3) is 0 Å². The Labute approximate surface area is 138 Å². The molecule has 10 heteroatoms. The topological polar surface area (TPSA) is 92.9 Å². The van der Waals surface area contributed by atoms with Gasteiger partial charge in [0.1, 0.15) is 5.69 Å². The van der Waals surface area contributed by atoms with Crippen LogP contribution in [0, 0.1) is 5.92 Å². The molecular weight excluding hydrogens is 335 g/mol. The maximum Gasteiger partial charge on any atom is 0.433 e. The molecule has 0 saturated heterocycles. The fourth-order valence-electron chi connectivity index (χ4n) is 1.59. The van der Waals surface area contributed by atoms with Crippen molar-refractivity contribution in [2.75, 3.05) is 18.4 Å². The Morgan fingerprint density at radius 1 is 1.39 bits per heavy atom. The molecule has 4 N–H and O–H groups in total. The Balaban J connectivity index is 0.00000484. The summed E-state index contributed by atoms with van der Waals surface area (Å²) >= 11 is 0. The van der Waals surface area contributed by atoms with E-state index in [2.05, 4.69) is 20.6 Å². The van der Waals surface area contributed by atoms with Crippen LogP contribution in [0.3, 0.4) is 0 Å². The summed E-state index contributed by atoms with van der Waals surface area (Å²) in [5.74, 6) is -0.379. The summed E-state index contributed by atoms with van der Waals surface area (Å²) in [4.78, 5) is 18.7. The van der Waals surface area contributed by atoms with E-state index < -0.39 is 17.9 Å². The highest BCUT2D eigenvalue weighted by Gasteiger charge is 2.32. The van der Waals surface area contributed by atoms with Crippen molar-refractivity contribution in [2.24, 2.45) is 11.7 Å². The van der Waals surface area contributed by atoms with E-state index in [0.717, 1.165) is 18.7 Å². The van der Waals surface area contributed by atoms with Gasteiger partial charge in [0, 0.05) is 19.3 Å². The molecule has 0 fully saturated rings. The van der Waals surface area contributed by atoms with Crippen molar-refractivity contribution in [3.05, 3.63) is 18.0 Å². The first-order valence-corrected chi connectivity index (χ1v) is 6.93. The lowest BCUT2D eigenvalue weighted by molar-refractivity contribution is -0.141. The number of amides is 1. The summed E-state index contributed by atoms with van der Waals surface area (Å²) in [6.45, 7) is 4.21. The number of hydrogen-bond donors (Lipinski definition) is 3. The average molecular weight is 356 g/mol. The molecule has 0 aliphatic carbocycles. The minimum absolute atomic E-state index is 0. The quantitative estimate of drug-likeness (QED) is 0.649. The van der Waals surface area contributed by atoms with Crippen molar-refractivity contribution >= 4 is 24.3 Å². The number of carbonyl (C=O) groups excluding carboxylic acids is 1.